The molecule has 0 amide bonds. The van der Waals surface area contributed by atoms with Crippen LogP contribution in [-0.4, -0.2) is 6.54 Å². The van der Waals surface area contributed by atoms with E-state index in [0.717, 1.165) is 25.3 Å². The molecule has 2 heteroatoms. The third-order valence-corrected chi connectivity index (χ3v) is 3.40. The molecule has 2 aromatic rings. The van der Waals surface area contributed by atoms with Crippen LogP contribution in [0.2, 0.25) is 0 Å². The highest BCUT2D eigenvalue weighted by molar-refractivity contribution is 5.36. The molecule has 1 heterocycles. The Bertz CT molecular complexity index is 500. The van der Waals surface area contributed by atoms with Gasteiger partial charge in [-0.05, 0) is 55.2 Å². The minimum absolute atomic E-state index is 0.924. The molecule has 0 aliphatic heterocycles. The Labute approximate surface area is 109 Å². The van der Waals surface area contributed by atoms with Gasteiger partial charge in [-0.2, -0.15) is 0 Å². The summed E-state index contributed by atoms with van der Waals surface area (Å²) in [5, 5.41) is 3.47. The number of hydrogen-bond acceptors (Lipinski definition) is 2. The highest BCUT2D eigenvalue weighted by Crippen LogP contribution is 2.15. The van der Waals surface area contributed by atoms with Crippen LogP contribution >= 0.6 is 0 Å². The average molecular weight is 243 g/mol. The van der Waals surface area contributed by atoms with Gasteiger partial charge in [0, 0.05) is 19.5 Å². The van der Waals surface area contributed by atoms with E-state index < -0.39 is 0 Å². The number of rotatable bonds is 5. The van der Waals surface area contributed by atoms with Gasteiger partial charge in [0.1, 0.15) is 5.76 Å². The van der Waals surface area contributed by atoms with E-state index >= 15 is 0 Å². The molecule has 1 aromatic heterocycles. The Kier molecular flexibility index (Phi) is 4.21. The summed E-state index contributed by atoms with van der Waals surface area (Å²) in [6.07, 6.45) is 2.67. The smallest absolute Gasteiger partial charge is 0.105 e. The number of benzene rings is 1. The predicted octanol–water partition coefficient (Wildman–Crippen LogP) is 3.54. The first kappa shape index (κ1) is 12.9. The number of hydrogen-bond donors (Lipinski definition) is 1. The third-order valence-electron chi connectivity index (χ3n) is 3.40. The summed E-state index contributed by atoms with van der Waals surface area (Å²) in [4.78, 5) is 0. The van der Waals surface area contributed by atoms with Gasteiger partial charge in [0.25, 0.3) is 0 Å². The highest BCUT2D eigenvalue weighted by atomic mass is 16.3. The molecule has 0 spiro atoms. The van der Waals surface area contributed by atoms with Crippen molar-refractivity contribution in [1.29, 1.82) is 0 Å². The lowest BCUT2D eigenvalue weighted by Crippen LogP contribution is -2.17. The van der Waals surface area contributed by atoms with E-state index in [9.17, 15) is 0 Å². The van der Waals surface area contributed by atoms with E-state index in [1.165, 1.54) is 22.3 Å². The van der Waals surface area contributed by atoms with Crippen molar-refractivity contribution in [3.63, 3.8) is 0 Å². The molecule has 2 nitrogen and oxygen atoms in total. The number of aryl methyl sites for hydroxylation is 3. The second kappa shape index (κ2) is 5.87. The molecule has 0 saturated heterocycles. The van der Waals surface area contributed by atoms with Crippen molar-refractivity contribution < 1.29 is 4.42 Å². The second-order valence-corrected chi connectivity index (χ2v) is 4.87. The molecule has 0 radical (unpaired) electrons. The highest BCUT2D eigenvalue weighted by Gasteiger charge is 2.02. The Hall–Kier alpha value is -1.54. The van der Waals surface area contributed by atoms with Crippen LogP contribution in [0.25, 0.3) is 0 Å². The molecule has 1 aromatic carbocycles. The van der Waals surface area contributed by atoms with Gasteiger partial charge < -0.3 is 9.73 Å². The molecule has 1 N–H and O–H groups in total. The summed E-state index contributed by atoms with van der Waals surface area (Å²) in [6, 6.07) is 8.50. The average Bonchev–Trinajstić information content (AvgIpc) is 2.84. The molecule has 0 aliphatic carbocycles. The van der Waals surface area contributed by atoms with Crippen LogP contribution < -0.4 is 5.32 Å². The summed E-state index contributed by atoms with van der Waals surface area (Å²) in [7, 11) is 0. The van der Waals surface area contributed by atoms with Crippen molar-refractivity contribution in [2.24, 2.45) is 0 Å². The standard InChI is InChI=1S/C16H21NO/c1-12-9-14(3)15(10-13(12)2)11-17-7-6-16-5-4-8-18-16/h4-5,8-10,17H,6-7,11H2,1-3H3. The maximum absolute atomic E-state index is 5.30. The van der Waals surface area contributed by atoms with Crippen LogP contribution in [0.5, 0.6) is 0 Å². The van der Waals surface area contributed by atoms with Crippen LogP contribution in [0.4, 0.5) is 0 Å². The van der Waals surface area contributed by atoms with Gasteiger partial charge in [-0.1, -0.05) is 12.1 Å². The molecule has 0 bridgehead atoms. The molecule has 0 unspecified atom stereocenters. The van der Waals surface area contributed by atoms with Crippen molar-refractivity contribution >= 4 is 0 Å². The zero-order valence-corrected chi connectivity index (χ0v) is 11.4. The fraction of sp³-hybridized carbons (Fsp3) is 0.375. The van der Waals surface area contributed by atoms with E-state index in [4.69, 9.17) is 4.42 Å². The summed E-state index contributed by atoms with van der Waals surface area (Å²) >= 11 is 0. The molecule has 0 fully saturated rings. The first-order valence-electron chi connectivity index (χ1n) is 6.46. The van der Waals surface area contributed by atoms with Crippen molar-refractivity contribution in [3.05, 3.63) is 58.5 Å². The number of nitrogens with one attached hydrogen (secondary N) is 1. The molecule has 0 atom stereocenters. The molecule has 2 rings (SSSR count). The molecule has 0 saturated carbocycles. The van der Waals surface area contributed by atoms with Crippen molar-refractivity contribution in [1.82, 2.24) is 5.32 Å². The van der Waals surface area contributed by atoms with Crippen molar-refractivity contribution in [3.8, 4) is 0 Å². The van der Waals surface area contributed by atoms with Gasteiger partial charge in [0.2, 0.25) is 0 Å². The van der Waals surface area contributed by atoms with Crippen molar-refractivity contribution in [2.45, 2.75) is 33.7 Å². The largest absolute Gasteiger partial charge is 0.469 e. The topological polar surface area (TPSA) is 25.2 Å². The molecule has 0 aliphatic rings. The molecular weight excluding hydrogens is 222 g/mol. The minimum atomic E-state index is 0.924. The normalized spacial score (nSPS) is 10.8. The van der Waals surface area contributed by atoms with Gasteiger partial charge in [-0.15, -0.1) is 0 Å². The maximum atomic E-state index is 5.30. The van der Waals surface area contributed by atoms with Gasteiger partial charge in [0.15, 0.2) is 0 Å². The molecule has 96 valence electrons. The van der Waals surface area contributed by atoms with Crippen LogP contribution in [0.15, 0.2) is 34.9 Å². The minimum Gasteiger partial charge on any atom is -0.469 e. The Morgan fingerprint density at radius 2 is 1.83 bits per heavy atom. The van der Waals surface area contributed by atoms with E-state index in [2.05, 4.69) is 38.2 Å². The van der Waals surface area contributed by atoms with Gasteiger partial charge in [-0.3, -0.25) is 0 Å². The predicted molar refractivity (Wildman–Crippen MR) is 74.8 cm³/mol. The maximum Gasteiger partial charge on any atom is 0.105 e. The van der Waals surface area contributed by atoms with Crippen LogP contribution in [0.1, 0.15) is 28.0 Å². The quantitative estimate of drug-likeness (QED) is 0.813. The second-order valence-electron chi connectivity index (χ2n) is 4.87. The number of furan rings is 1. The zero-order valence-electron chi connectivity index (χ0n) is 11.4. The SMILES string of the molecule is Cc1cc(C)c(CNCCc2ccco2)cc1C. The molecule has 18 heavy (non-hydrogen) atoms. The fourth-order valence-corrected chi connectivity index (χ4v) is 2.10. The monoisotopic (exact) mass is 243 g/mol. The van der Waals surface area contributed by atoms with Gasteiger partial charge in [0.05, 0.1) is 6.26 Å². The van der Waals surface area contributed by atoms with Crippen LogP contribution in [0.3, 0.4) is 0 Å². The summed E-state index contributed by atoms with van der Waals surface area (Å²) in [5.74, 6) is 1.04. The van der Waals surface area contributed by atoms with E-state index in [1.54, 1.807) is 6.26 Å². The summed E-state index contributed by atoms with van der Waals surface area (Å²) < 4.78 is 5.30. The van der Waals surface area contributed by atoms with Gasteiger partial charge in [-0.25, -0.2) is 0 Å². The van der Waals surface area contributed by atoms with E-state index in [0.29, 0.717) is 0 Å². The first-order chi connectivity index (χ1) is 8.66. The molecular formula is C16H21NO. The lowest BCUT2D eigenvalue weighted by atomic mass is 10.0. The van der Waals surface area contributed by atoms with E-state index in [-0.39, 0.29) is 0 Å². The summed E-state index contributed by atoms with van der Waals surface area (Å²) in [6.45, 7) is 8.38. The Morgan fingerprint density at radius 1 is 1.06 bits per heavy atom. The summed E-state index contributed by atoms with van der Waals surface area (Å²) in [5.41, 5.74) is 5.48. The lowest BCUT2D eigenvalue weighted by Gasteiger charge is -2.10. The first-order valence-corrected chi connectivity index (χ1v) is 6.46. The zero-order chi connectivity index (χ0) is 13.0. The van der Waals surface area contributed by atoms with Crippen molar-refractivity contribution in [2.75, 3.05) is 6.54 Å². The Balaban J connectivity index is 1.85. The third kappa shape index (κ3) is 3.23. The lowest BCUT2D eigenvalue weighted by molar-refractivity contribution is 0.498. The van der Waals surface area contributed by atoms with E-state index in [1.807, 2.05) is 12.1 Å². The van der Waals surface area contributed by atoms with Crippen LogP contribution in [-0.2, 0) is 13.0 Å². The van der Waals surface area contributed by atoms with Crippen LogP contribution in [0, 0.1) is 20.8 Å². The Morgan fingerprint density at radius 3 is 2.56 bits per heavy atom. The fourth-order valence-electron chi connectivity index (χ4n) is 2.10. The van der Waals surface area contributed by atoms with Gasteiger partial charge >= 0.3 is 0 Å².